The van der Waals surface area contributed by atoms with Crippen molar-refractivity contribution in [3.05, 3.63) is 75.9 Å². The van der Waals surface area contributed by atoms with Crippen molar-refractivity contribution in [1.82, 2.24) is 9.29 Å². The van der Waals surface area contributed by atoms with E-state index < -0.39 is 15.9 Å². The largest absolute Gasteiger partial charge is 0.302 e. The van der Waals surface area contributed by atoms with E-state index >= 15 is 0 Å². The highest BCUT2D eigenvalue weighted by Crippen LogP contribution is 2.35. The molecule has 1 aliphatic rings. The third-order valence-corrected chi connectivity index (χ3v) is 11.2. The smallest absolute Gasteiger partial charge is 0.252 e. The number of thiophene rings is 1. The van der Waals surface area contributed by atoms with Gasteiger partial charge < -0.3 is 5.32 Å². The molecule has 0 aliphatic carbocycles. The SMILES string of the molecule is CCCc1sc(NC(=O)C2CCCN(S(=O)(=O)c3ccc(Cl)s3)C2)nc1-c1ccc(-c2ccccc2)cc1. The summed E-state index contributed by atoms with van der Waals surface area (Å²) in [5.41, 5.74) is 4.19. The average Bonchev–Trinajstić information content (AvgIpc) is 3.56. The van der Waals surface area contributed by atoms with Crippen molar-refractivity contribution in [2.45, 2.75) is 36.8 Å². The Kier molecular flexibility index (Phi) is 8.30. The maximum Gasteiger partial charge on any atom is 0.252 e. The summed E-state index contributed by atoms with van der Waals surface area (Å²) >= 11 is 8.48. The number of halogens is 1. The third kappa shape index (κ3) is 5.87. The van der Waals surface area contributed by atoms with Gasteiger partial charge in [0.1, 0.15) is 4.21 Å². The summed E-state index contributed by atoms with van der Waals surface area (Å²) in [6.45, 7) is 2.66. The number of rotatable bonds is 8. The molecule has 1 fully saturated rings. The van der Waals surface area contributed by atoms with Crippen LogP contribution < -0.4 is 5.32 Å². The fourth-order valence-electron chi connectivity index (χ4n) is 4.62. The van der Waals surface area contributed by atoms with E-state index in [0.717, 1.165) is 51.4 Å². The summed E-state index contributed by atoms with van der Waals surface area (Å²) in [6.07, 6.45) is 3.08. The number of benzene rings is 2. The van der Waals surface area contributed by atoms with Gasteiger partial charge in [-0.25, -0.2) is 13.4 Å². The zero-order valence-corrected chi connectivity index (χ0v) is 24.1. The summed E-state index contributed by atoms with van der Waals surface area (Å²) in [7, 11) is -3.68. The van der Waals surface area contributed by atoms with Gasteiger partial charge in [0, 0.05) is 23.5 Å². The van der Waals surface area contributed by atoms with Crippen molar-refractivity contribution in [1.29, 1.82) is 0 Å². The zero-order valence-electron chi connectivity index (χ0n) is 20.9. The van der Waals surface area contributed by atoms with Crippen LogP contribution in [0.15, 0.2) is 70.9 Å². The fraction of sp³-hybridized carbons (Fsp3) is 0.286. The molecule has 0 saturated carbocycles. The number of nitrogens with one attached hydrogen (secondary N) is 1. The van der Waals surface area contributed by atoms with E-state index in [-0.39, 0.29) is 16.7 Å². The van der Waals surface area contributed by atoms with E-state index in [9.17, 15) is 13.2 Å². The molecule has 1 atom stereocenters. The number of hydrogen-bond donors (Lipinski definition) is 1. The number of carbonyl (C=O) groups excluding carboxylic acids is 1. The van der Waals surface area contributed by atoms with Crippen molar-refractivity contribution >= 4 is 55.3 Å². The van der Waals surface area contributed by atoms with Crippen LogP contribution in [0.25, 0.3) is 22.4 Å². The number of aryl methyl sites for hydroxylation is 1. The highest BCUT2D eigenvalue weighted by atomic mass is 35.5. The van der Waals surface area contributed by atoms with E-state index in [1.54, 1.807) is 6.07 Å². The Morgan fingerprint density at radius 3 is 2.42 bits per heavy atom. The second kappa shape index (κ2) is 11.7. The van der Waals surface area contributed by atoms with E-state index in [4.69, 9.17) is 16.6 Å². The van der Waals surface area contributed by atoms with Crippen LogP contribution in [0.5, 0.6) is 0 Å². The van der Waals surface area contributed by atoms with E-state index in [2.05, 4.69) is 48.6 Å². The van der Waals surface area contributed by atoms with Crippen molar-refractivity contribution in [2.75, 3.05) is 18.4 Å². The molecule has 1 saturated heterocycles. The Labute approximate surface area is 236 Å². The lowest BCUT2D eigenvalue weighted by atomic mass is 9.99. The van der Waals surface area contributed by atoms with Gasteiger partial charge in [0.2, 0.25) is 5.91 Å². The molecular weight excluding hydrogens is 558 g/mol. The van der Waals surface area contributed by atoms with Crippen LogP contribution in [0.1, 0.15) is 31.1 Å². The molecule has 5 rings (SSSR count). The van der Waals surface area contributed by atoms with Crippen LogP contribution in [0.4, 0.5) is 5.13 Å². The van der Waals surface area contributed by atoms with Gasteiger partial charge in [-0.2, -0.15) is 4.31 Å². The summed E-state index contributed by atoms with van der Waals surface area (Å²) < 4.78 is 28.1. The first kappa shape index (κ1) is 27.0. The van der Waals surface area contributed by atoms with Crippen LogP contribution in [0.3, 0.4) is 0 Å². The minimum Gasteiger partial charge on any atom is -0.302 e. The number of sulfonamides is 1. The third-order valence-electron chi connectivity index (χ3n) is 6.57. The number of piperidine rings is 1. The summed E-state index contributed by atoms with van der Waals surface area (Å²) in [5, 5.41) is 3.53. The molecule has 2 aromatic carbocycles. The molecule has 4 aromatic rings. The maximum atomic E-state index is 13.2. The molecule has 1 unspecified atom stereocenters. The lowest BCUT2D eigenvalue weighted by Gasteiger charge is -2.30. The van der Waals surface area contributed by atoms with Gasteiger partial charge in [0.25, 0.3) is 10.0 Å². The number of thiazole rings is 1. The van der Waals surface area contributed by atoms with Crippen molar-refractivity contribution < 1.29 is 13.2 Å². The van der Waals surface area contributed by atoms with Gasteiger partial charge in [-0.3, -0.25) is 4.79 Å². The molecule has 2 aromatic heterocycles. The van der Waals surface area contributed by atoms with E-state index in [1.165, 1.54) is 21.7 Å². The van der Waals surface area contributed by atoms with Gasteiger partial charge in [0.15, 0.2) is 5.13 Å². The Morgan fingerprint density at radius 1 is 1.03 bits per heavy atom. The van der Waals surface area contributed by atoms with Crippen molar-refractivity contribution in [2.24, 2.45) is 5.92 Å². The normalized spacial score (nSPS) is 16.4. The van der Waals surface area contributed by atoms with E-state index in [0.29, 0.717) is 28.9 Å². The average molecular weight is 586 g/mol. The molecular formula is C28H28ClN3O3S3. The topological polar surface area (TPSA) is 79.4 Å². The number of hydrogen-bond acceptors (Lipinski definition) is 6. The quantitative estimate of drug-likeness (QED) is 0.237. The summed E-state index contributed by atoms with van der Waals surface area (Å²) in [5.74, 6) is -0.641. The van der Waals surface area contributed by atoms with E-state index in [1.807, 2.05) is 18.2 Å². The number of carbonyl (C=O) groups is 1. The van der Waals surface area contributed by atoms with Crippen LogP contribution in [0.2, 0.25) is 4.34 Å². The number of aromatic nitrogens is 1. The van der Waals surface area contributed by atoms with Crippen LogP contribution >= 0.6 is 34.3 Å². The Balaban J connectivity index is 1.31. The van der Waals surface area contributed by atoms with Crippen molar-refractivity contribution in [3.8, 4) is 22.4 Å². The standard InChI is InChI=1S/C28H28ClN3O3S3/c1-2-7-23-26(21-13-11-20(12-14-21)19-8-4-3-5-9-19)30-28(36-23)31-27(33)22-10-6-17-32(18-22)38(34,35)25-16-15-24(29)37-25/h3-5,8-9,11-16,22H,2,6-7,10,17-18H2,1H3,(H,30,31,33). The molecule has 3 heterocycles. The molecule has 0 bridgehead atoms. The second-order valence-electron chi connectivity index (χ2n) is 9.23. The first-order valence-corrected chi connectivity index (χ1v) is 16.0. The first-order valence-electron chi connectivity index (χ1n) is 12.6. The highest BCUT2D eigenvalue weighted by molar-refractivity contribution is 7.91. The summed E-state index contributed by atoms with van der Waals surface area (Å²) in [4.78, 5) is 19.1. The molecule has 198 valence electrons. The Hall–Kier alpha value is -2.56. The molecule has 1 aliphatic heterocycles. The maximum absolute atomic E-state index is 13.2. The first-order chi connectivity index (χ1) is 18.3. The minimum atomic E-state index is -3.68. The fourth-order valence-corrected chi connectivity index (χ4v) is 8.87. The van der Waals surface area contributed by atoms with Crippen LogP contribution in [-0.2, 0) is 21.2 Å². The number of amides is 1. The molecule has 38 heavy (non-hydrogen) atoms. The molecule has 1 N–H and O–H groups in total. The molecule has 6 nitrogen and oxygen atoms in total. The zero-order chi connectivity index (χ0) is 26.7. The predicted octanol–water partition coefficient (Wildman–Crippen LogP) is 7.18. The van der Waals surface area contributed by atoms with Gasteiger partial charge in [-0.1, -0.05) is 79.5 Å². The van der Waals surface area contributed by atoms with Crippen LogP contribution in [0, 0.1) is 5.92 Å². The van der Waals surface area contributed by atoms with Crippen molar-refractivity contribution in [3.63, 3.8) is 0 Å². The molecule has 0 radical (unpaired) electrons. The van der Waals surface area contributed by atoms with Gasteiger partial charge in [0.05, 0.1) is 15.9 Å². The highest BCUT2D eigenvalue weighted by Gasteiger charge is 2.34. The monoisotopic (exact) mass is 585 g/mol. The second-order valence-corrected chi connectivity index (χ2v) is 14.2. The summed E-state index contributed by atoms with van der Waals surface area (Å²) in [6, 6.07) is 21.7. The predicted molar refractivity (Wildman–Crippen MR) is 156 cm³/mol. The van der Waals surface area contributed by atoms with Crippen LogP contribution in [-0.4, -0.2) is 36.7 Å². The Bertz CT molecular complexity index is 1520. The molecule has 0 spiro atoms. The molecule has 1 amide bonds. The lowest BCUT2D eigenvalue weighted by Crippen LogP contribution is -2.43. The van der Waals surface area contributed by atoms with Gasteiger partial charge in [-0.15, -0.1) is 22.7 Å². The van der Waals surface area contributed by atoms with Gasteiger partial charge in [-0.05, 0) is 42.5 Å². The molecule has 10 heteroatoms. The van der Waals surface area contributed by atoms with Gasteiger partial charge >= 0.3 is 0 Å². The number of nitrogens with zero attached hydrogens (tertiary/aromatic N) is 2. The minimum absolute atomic E-state index is 0.144. The Morgan fingerprint density at radius 2 is 1.74 bits per heavy atom. The lowest BCUT2D eigenvalue weighted by molar-refractivity contribution is -0.120. The number of anilines is 1.